The standard InChI is InChI=1S/C25H27ClFN3O4/c1-16-22(24(32)33)23(18-5-3-6-19(26)15-18)30(25(34)28-16)14-4-13-29(2)21(31)12-9-17-7-10-20(27)11-8-17/h3,5-8,10-11,15,23H,4,9,12-14H2,1-2H3,(H,28,34)(H,32,33). The van der Waals surface area contributed by atoms with Gasteiger partial charge in [-0.1, -0.05) is 35.9 Å². The Morgan fingerprint density at radius 2 is 1.91 bits per heavy atom. The minimum absolute atomic E-state index is 0.0687. The summed E-state index contributed by atoms with van der Waals surface area (Å²) >= 11 is 6.13. The van der Waals surface area contributed by atoms with Gasteiger partial charge in [0.05, 0.1) is 11.6 Å². The maximum Gasteiger partial charge on any atom is 0.335 e. The van der Waals surface area contributed by atoms with Gasteiger partial charge in [-0.3, -0.25) is 4.79 Å². The molecule has 2 N–H and O–H groups in total. The molecule has 2 aromatic rings. The molecule has 1 aliphatic heterocycles. The average molecular weight is 488 g/mol. The van der Waals surface area contributed by atoms with Crippen molar-refractivity contribution in [1.82, 2.24) is 15.1 Å². The van der Waals surface area contributed by atoms with Crippen molar-refractivity contribution in [3.05, 3.63) is 81.8 Å². The van der Waals surface area contributed by atoms with Gasteiger partial charge in [0.15, 0.2) is 0 Å². The molecule has 0 bridgehead atoms. The number of carboxylic acids is 1. The molecule has 0 saturated carbocycles. The number of carboxylic acid groups (broad SMARTS) is 1. The van der Waals surface area contributed by atoms with Gasteiger partial charge in [0.2, 0.25) is 5.91 Å². The summed E-state index contributed by atoms with van der Waals surface area (Å²) in [4.78, 5) is 40.3. The quantitative estimate of drug-likeness (QED) is 0.549. The number of urea groups is 1. The molecular weight excluding hydrogens is 461 g/mol. The van der Waals surface area contributed by atoms with Crippen LogP contribution in [0.15, 0.2) is 59.8 Å². The Hall–Kier alpha value is -3.39. The summed E-state index contributed by atoms with van der Waals surface area (Å²) in [5, 5.41) is 12.9. The van der Waals surface area contributed by atoms with Crippen LogP contribution in [0.5, 0.6) is 0 Å². The number of carbonyl (C=O) groups excluding carboxylic acids is 2. The molecule has 0 fully saturated rings. The van der Waals surface area contributed by atoms with Crippen molar-refractivity contribution in [1.29, 1.82) is 0 Å². The van der Waals surface area contributed by atoms with Gasteiger partial charge in [-0.2, -0.15) is 0 Å². The van der Waals surface area contributed by atoms with Crippen molar-refractivity contribution in [2.24, 2.45) is 0 Å². The normalized spacial score (nSPS) is 15.8. The number of hydrogen-bond donors (Lipinski definition) is 2. The highest BCUT2D eigenvalue weighted by molar-refractivity contribution is 6.30. The number of aryl methyl sites for hydroxylation is 1. The van der Waals surface area contributed by atoms with E-state index < -0.39 is 18.0 Å². The minimum atomic E-state index is -1.12. The third-order valence-corrected chi connectivity index (χ3v) is 6.03. The molecule has 1 unspecified atom stereocenters. The molecule has 0 aliphatic carbocycles. The number of carbonyl (C=O) groups is 3. The number of allylic oxidation sites excluding steroid dienone is 1. The van der Waals surface area contributed by atoms with Crippen LogP contribution in [-0.2, 0) is 16.0 Å². The second-order valence-corrected chi connectivity index (χ2v) is 8.66. The fraction of sp³-hybridized carbons (Fsp3) is 0.320. The highest BCUT2D eigenvalue weighted by Crippen LogP contribution is 2.34. The van der Waals surface area contributed by atoms with Gasteiger partial charge >= 0.3 is 12.0 Å². The molecule has 3 rings (SSSR count). The predicted molar refractivity (Wildman–Crippen MR) is 127 cm³/mol. The number of nitrogens with one attached hydrogen (secondary N) is 1. The third kappa shape index (κ3) is 6.14. The van der Waals surface area contributed by atoms with Crippen LogP contribution in [-0.4, -0.2) is 53.0 Å². The smallest absolute Gasteiger partial charge is 0.335 e. The van der Waals surface area contributed by atoms with E-state index in [-0.39, 0.29) is 36.0 Å². The van der Waals surface area contributed by atoms with E-state index in [0.29, 0.717) is 30.0 Å². The molecule has 0 spiro atoms. The van der Waals surface area contributed by atoms with Crippen LogP contribution in [0.2, 0.25) is 5.02 Å². The van der Waals surface area contributed by atoms with Crippen molar-refractivity contribution >= 4 is 29.5 Å². The molecule has 0 aromatic heterocycles. The summed E-state index contributed by atoms with van der Waals surface area (Å²) < 4.78 is 13.0. The number of nitrogens with zero attached hydrogens (tertiary/aromatic N) is 2. The molecule has 7 nitrogen and oxygen atoms in total. The second kappa shape index (κ2) is 11.2. The molecular formula is C25H27ClFN3O4. The number of benzene rings is 2. The molecule has 2 aromatic carbocycles. The Labute approximate surface area is 202 Å². The van der Waals surface area contributed by atoms with E-state index in [2.05, 4.69) is 5.32 Å². The maximum absolute atomic E-state index is 13.0. The zero-order chi connectivity index (χ0) is 24.8. The van der Waals surface area contributed by atoms with Crippen molar-refractivity contribution in [3.63, 3.8) is 0 Å². The summed E-state index contributed by atoms with van der Waals surface area (Å²) in [6.45, 7) is 2.19. The van der Waals surface area contributed by atoms with E-state index in [1.54, 1.807) is 55.3 Å². The predicted octanol–water partition coefficient (Wildman–Crippen LogP) is 4.39. The number of aliphatic carboxylic acids is 1. The summed E-state index contributed by atoms with van der Waals surface area (Å²) in [5.41, 5.74) is 1.83. The average Bonchev–Trinajstić information content (AvgIpc) is 2.79. The molecule has 180 valence electrons. The Bertz CT molecular complexity index is 1100. The zero-order valence-corrected chi connectivity index (χ0v) is 19.8. The first-order valence-electron chi connectivity index (χ1n) is 10.9. The van der Waals surface area contributed by atoms with Crippen molar-refractivity contribution < 1.29 is 23.9 Å². The molecule has 1 atom stereocenters. The Morgan fingerprint density at radius 3 is 2.56 bits per heavy atom. The first kappa shape index (κ1) is 25.2. The zero-order valence-electron chi connectivity index (χ0n) is 19.1. The number of rotatable bonds is 9. The first-order chi connectivity index (χ1) is 16.2. The summed E-state index contributed by atoms with van der Waals surface area (Å²) in [7, 11) is 1.68. The highest BCUT2D eigenvalue weighted by atomic mass is 35.5. The van der Waals surface area contributed by atoms with Gasteiger partial charge in [0.25, 0.3) is 0 Å². The van der Waals surface area contributed by atoms with Crippen LogP contribution in [0.3, 0.4) is 0 Å². The lowest BCUT2D eigenvalue weighted by Crippen LogP contribution is -2.49. The maximum atomic E-state index is 13.0. The Kier molecular flexibility index (Phi) is 8.28. The largest absolute Gasteiger partial charge is 0.478 e. The lowest BCUT2D eigenvalue weighted by Gasteiger charge is -2.37. The van der Waals surface area contributed by atoms with Crippen LogP contribution >= 0.6 is 11.6 Å². The SMILES string of the molecule is CC1=C(C(=O)O)C(c2cccc(Cl)c2)N(CCCN(C)C(=O)CCc2ccc(F)cc2)C(=O)N1. The summed E-state index contributed by atoms with van der Waals surface area (Å²) in [6, 6.07) is 11.6. The number of hydrogen-bond acceptors (Lipinski definition) is 3. The van der Waals surface area contributed by atoms with E-state index in [0.717, 1.165) is 5.56 Å². The van der Waals surface area contributed by atoms with Gasteiger partial charge in [-0.25, -0.2) is 14.0 Å². The molecule has 34 heavy (non-hydrogen) atoms. The van der Waals surface area contributed by atoms with Gasteiger partial charge in [0.1, 0.15) is 5.82 Å². The van der Waals surface area contributed by atoms with E-state index in [1.807, 2.05) is 0 Å². The lowest BCUT2D eigenvalue weighted by molar-refractivity contribution is -0.133. The Balaban J connectivity index is 1.65. The molecule has 9 heteroatoms. The Morgan fingerprint density at radius 1 is 1.21 bits per heavy atom. The van der Waals surface area contributed by atoms with E-state index in [1.165, 1.54) is 17.0 Å². The number of amides is 3. The van der Waals surface area contributed by atoms with Crippen molar-refractivity contribution in [2.75, 3.05) is 20.1 Å². The van der Waals surface area contributed by atoms with Gasteiger partial charge in [-0.15, -0.1) is 0 Å². The van der Waals surface area contributed by atoms with Crippen LogP contribution in [0.4, 0.5) is 9.18 Å². The van der Waals surface area contributed by atoms with Gasteiger partial charge < -0.3 is 20.2 Å². The van der Waals surface area contributed by atoms with Gasteiger partial charge in [-0.05, 0) is 55.2 Å². The van der Waals surface area contributed by atoms with Crippen molar-refractivity contribution in [2.45, 2.75) is 32.2 Å². The summed E-state index contributed by atoms with van der Waals surface area (Å²) in [5.74, 6) is -1.51. The van der Waals surface area contributed by atoms with Crippen LogP contribution in [0.1, 0.15) is 36.9 Å². The minimum Gasteiger partial charge on any atom is -0.478 e. The monoisotopic (exact) mass is 487 g/mol. The number of halogens is 2. The third-order valence-electron chi connectivity index (χ3n) is 5.80. The molecule has 1 heterocycles. The molecule has 1 aliphatic rings. The van der Waals surface area contributed by atoms with Crippen LogP contribution in [0, 0.1) is 5.82 Å². The highest BCUT2D eigenvalue weighted by Gasteiger charge is 2.37. The van der Waals surface area contributed by atoms with E-state index in [4.69, 9.17) is 11.6 Å². The first-order valence-corrected chi connectivity index (χ1v) is 11.3. The fourth-order valence-corrected chi connectivity index (χ4v) is 4.20. The van der Waals surface area contributed by atoms with Gasteiger partial charge in [0, 0.05) is 37.3 Å². The molecule has 0 radical (unpaired) electrons. The second-order valence-electron chi connectivity index (χ2n) is 8.22. The van der Waals surface area contributed by atoms with E-state index in [9.17, 15) is 23.9 Å². The lowest BCUT2D eigenvalue weighted by atomic mass is 9.93. The summed E-state index contributed by atoms with van der Waals surface area (Å²) in [6.07, 6.45) is 1.23. The fourth-order valence-electron chi connectivity index (χ4n) is 4.01. The van der Waals surface area contributed by atoms with E-state index >= 15 is 0 Å². The topological polar surface area (TPSA) is 90.0 Å². The van der Waals surface area contributed by atoms with Crippen LogP contribution in [0.25, 0.3) is 0 Å². The molecule has 0 saturated heterocycles. The van der Waals surface area contributed by atoms with Crippen LogP contribution < -0.4 is 5.32 Å². The van der Waals surface area contributed by atoms with Crippen molar-refractivity contribution in [3.8, 4) is 0 Å². The molecule has 3 amide bonds.